The van der Waals surface area contributed by atoms with Crippen molar-refractivity contribution in [2.75, 3.05) is 12.5 Å². The van der Waals surface area contributed by atoms with Crippen LogP contribution in [0.4, 0.5) is 0 Å². The number of amides is 1. The lowest BCUT2D eigenvalue weighted by molar-refractivity contribution is -0.140. The van der Waals surface area contributed by atoms with Crippen LogP contribution in [0, 0.1) is 0 Å². The topological polar surface area (TPSA) is 152 Å². The van der Waals surface area contributed by atoms with Crippen molar-refractivity contribution in [3.05, 3.63) is 22.5 Å². The van der Waals surface area contributed by atoms with Gasteiger partial charge in [0.05, 0.1) is 13.2 Å². The molecule has 0 radical (unpaired) electrons. The van der Waals surface area contributed by atoms with Gasteiger partial charge in [-0.25, -0.2) is 19.0 Å². The van der Waals surface area contributed by atoms with Gasteiger partial charge in [0.1, 0.15) is 6.33 Å². The number of alkyl halides is 1. The summed E-state index contributed by atoms with van der Waals surface area (Å²) in [7, 11) is 0. The highest BCUT2D eigenvalue weighted by atomic mass is 35.5. The van der Waals surface area contributed by atoms with Gasteiger partial charge in [0.15, 0.2) is 17.4 Å². The summed E-state index contributed by atoms with van der Waals surface area (Å²) in [6, 6.07) is -1.49. The predicted octanol–water partition coefficient (Wildman–Crippen LogP) is -2.30. The zero-order valence-electron chi connectivity index (χ0n) is 11.0. The number of aliphatic hydroxyl groups is 1. The van der Waals surface area contributed by atoms with E-state index in [-0.39, 0.29) is 23.8 Å². The molecule has 2 rings (SSSR count). The van der Waals surface area contributed by atoms with Crippen molar-refractivity contribution >= 4 is 29.1 Å². The first kappa shape index (κ1) is 15.9. The SMILES string of the molecule is O=C(N[C@@H](CO)C(=O)O)c1ncn2c(=O)n(CCCl)nnc12. The van der Waals surface area contributed by atoms with Crippen molar-refractivity contribution in [1.82, 2.24) is 29.7 Å². The van der Waals surface area contributed by atoms with E-state index in [2.05, 4.69) is 20.6 Å². The van der Waals surface area contributed by atoms with Crippen molar-refractivity contribution in [3.63, 3.8) is 0 Å². The van der Waals surface area contributed by atoms with Gasteiger partial charge in [0.25, 0.3) is 5.91 Å². The van der Waals surface area contributed by atoms with Crippen LogP contribution < -0.4 is 11.0 Å². The molecule has 0 spiro atoms. The van der Waals surface area contributed by atoms with Crippen molar-refractivity contribution in [2.24, 2.45) is 0 Å². The van der Waals surface area contributed by atoms with Gasteiger partial charge in [-0.05, 0) is 0 Å². The largest absolute Gasteiger partial charge is 0.480 e. The van der Waals surface area contributed by atoms with Crippen LogP contribution in [0.25, 0.3) is 5.65 Å². The second-order valence-corrected chi connectivity index (χ2v) is 4.50. The van der Waals surface area contributed by atoms with Gasteiger partial charge in [0, 0.05) is 5.88 Å². The fourth-order valence-electron chi connectivity index (χ4n) is 1.63. The molecule has 11 nitrogen and oxygen atoms in total. The monoisotopic (exact) mass is 330 g/mol. The molecule has 0 fully saturated rings. The number of aliphatic hydroxyl groups excluding tert-OH is 1. The van der Waals surface area contributed by atoms with Gasteiger partial charge in [-0.15, -0.1) is 16.7 Å². The Hall–Kier alpha value is -2.53. The predicted molar refractivity (Wildman–Crippen MR) is 71.7 cm³/mol. The maximum absolute atomic E-state index is 12.0. The fourth-order valence-corrected chi connectivity index (χ4v) is 1.79. The first-order valence-corrected chi connectivity index (χ1v) is 6.54. The Balaban J connectivity index is 2.37. The Kier molecular flexibility index (Phi) is 4.68. The van der Waals surface area contributed by atoms with Crippen LogP contribution in [0.3, 0.4) is 0 Å². The molecule has 0 unspecified atom stereocenters. The second kappa shape index (κ2) is 6.49. The number of halogens is 1. The molecule has 0 aliphatic rings. The zero-order chi connectivity index (χ0) is 16.3. The number of hydrogen-bond acceptors (Lipinski definition) is 7. The summed E-state index contributed by atoms with van der Waals surface area (Å²) in [6.07, 6.45) is 1.07. The number of carboxylic acids is 1. The minimum absolute atomic E-state index is 0.129. The number of fused-ring (bicyclic) bond motifs is 1. The van der Waals surface area contributed by atoms with Gasteiger partial charge in [-0.1, -0.05) is 5.21 Å². The molecule has 0 aliphatic carbocycles. The van der Waals surface area contributed by atoms with E-state index in [0.717, 1.165) is 15.4 Å². The first-order valence-electron chi connectivity index (χ1n) is 6.01. The normalized spacial score (nSPS) is 12.3. The Bertz CT molecular complexity index is 771. The maximum atomic E-state index is 12.0. The summed E-state index contributed by atoms with van der Waals surface area (Å²) in [4.78, 5) is 38.5. The lowest BCUT2D eigenvalue weighted by Gasteiger charge is -2.10. The summed E-state index contributed by atoms with van der Waals surface area (Å²) < 4.78 is 1.99. The van der Waals surface area contributed by atoms with E-state index in [9.17, 15) is 14.4 Å². The number of imidazole rings is 1. The van der Waals surface area contributed by atoms with Crippen LogP contribution in [0.2, 0.25) is 0 Å². The number of hydrogen-bond donors (Lipinski definition) is 3. The summed E-state index contributed by atoms with van der Waals surface area (Å²) in [5.41, 5.74) is -0.994. The Morgan fingerprint density at radius 2 is 2.18 bits per heavy atom. The number of aliphatic carboxylic acids is 1. The fraction of sp³-hybridized carbons (Fsp3) is 0.400. The van der Waals surface area contributed by atoms with Crippen LogP contribution in [0.1, 0.15) is 10.5 Å². The molecule has 0 aromatic carbocycles. The van der Waals surface area contributed by atoms with E-state index in [0.29, 0.717) is 0 Å². The number of carbonyl (C=O) groups is 2. The highest BCUT2D eigenvalue weighted by molar-refractivity contribution is 6.17. The highest BCUT2D eigenvalue weighted by Crippen LogP contribution is 2.03. The van der Waals surface area contributed by atoms with Crippen LogP contribution in [-0.2, 0) is 11.3 Å². The number of nitrogens with zero attached hydrogens (tertiary/aromatic N) is 5. The van der Waals surface area contributed by atoms with Crippen LogP contribution >= 0.6 is 11.6 Å². The minimum atomic E-state index is -1.49. The van der Waals surface area contributed by atoms with E-state index in [1.807, 2.05) is 0 Å². The van der Waals surface area contributed by atoms with E-state index in [1.54, 1.807) is 0 Å². The molecule has 3 N–H and O–H groups in total. The Morgan fingerprint density at radius 3 is 2.77 bits per heavy atom. The number of carbonyl (C=O) groups excluding carboxylic acids is 1. The van der Waals surface area contributed by atoms with E-state index < -0.39 is 30.2 Å². The van der Waals surface area contributed by atoms with Gasteiger partial charge in [-0.2, -0.15) is 4.68 Å². The first-order chi connectivity index (χ1) is 10.5. The lowest BCUT2D eigenvalue weighted by Crippen LogP contribution is -2.43. The molecule has 0 bridgehead atoms. The highest BCUT2D eigenvalue weighted by Gasteiger charge is 2.23. The number of aryl methyl sites for hydroxylation is 1. The number of aromatic nitrogens is 5. The Labute approximate surface area is 127 Å². The minimum Gasteiger partial charge on any atom is -0.480 e. The second-order valence-electron chi connectivity index (χ2n) is 4.12. The van der Waals surface area contributed by atoms with E-state index in [1.165, 1.54) is 0 Å². The van der Waals surface area contributed by atoms with Crippen LogP contribution in [0.5, 0.6) is 0 Å². The van der Waals surface area contributed by atoms with Gasteiger partial charge >= 0.3 is 11.7 Å². The summed E-state index contributed by atoms with van der Waals surface area (Å²) in [5, 5.41) is 27.0. The van der Waals surface area contributed by atoms with Gasteiger partial charge < -0.3 is 15.5 Å². The smallest absolute Gasteiger partial charge is 0.353 e. The van der Waals surface area contributed by atoms with Gasteiger partial charge in [-0.3, -0.25) is 4.79 Å². The van der Waals surface area contributed by atoms with Crippen molar-refractivity contribution < 1.29 is 19.8 Å². The molecule has 118 valence electrons. The van der Waals surface area contributed by atoms with Crippen LogP contribution in [-0.4, -0.2) is 65.0 Å². The molecular formula is C10H11ClN6O5. The van der Waals surface area contributed by atoms with Gasteiger partial charge in [0.2, 0.25) is 0 Å². The summed E-state index contributed by atoms with van der Waals surface area (Å²) in [6.45, 7) is -0.657. The standard InChI is InChI=1S/C10H11ClN6O5/c11-1-2-17-10(22)16-4-12-6(7(16)14-15-17)8(19)13-5(3-18)9(20)21/h4-5,18H,1-3H2,(H,13,19)(H,20,21)/t5-/m0/s1. The number of nitrogens with one attached hydrogen (secondary N) is 1. The molecule has 22 heavy (non-hydrogen) atoms. The quantitative estimate of drug-likeness (QED) is 0.500. The molecular weight excluding hydrogens is 320 g/mol. The van der Waals surface area contributed by atoms with E-state index >= 15 is 0 Å². The number of carboxylic acid groups (broad SMARTS) is 1. The molecule has 0 saturated carbocycles. The zero-order valence-corrected chi connectivity index (χ0v) is 11.8. The third-order valence-corrected chi connectivity index (χ3v) is 2.88. The molecule has 12 heteroatoms. The molecule has 1 amide bonds. The maximum Gasteiger partial charge on any atom is 0.353 e. The summed E-state index contributed by atoms with van der Waals surface area (Å²) in [5.74, 6) is -2.15. The molecule has 2 aromatic rings. The summed E-state index contributed by atoms with van der Waals surface area (Å²) >= 11 is 5.52. The van der Waals surface area contributed by atoms with Crippen LogP contribution in [0.15, 0.2) is 11.1 Å². The third-order valence-electron chi connectivity index (χ3n) is 2.71. The lowest BCUT2D eigenvalue weighted by atomic mass is 10.3. The van der Waals surface area contributed by atoms with Crippen molar-refractivity contribution in [2.45, 2.75) is 12.6 Å². The molecule has 0 aliphatic heterocycles. The molecule has 2 heterocycles. The number of rotatable bonds is 6. The average Bonchev–Trinajstić information content (AvgIpc) is 2.92. The van der Waals surface area contributed by atoms with E-state index in [4.69, 9.17) is 21.8 Å². The van der Waals surface area contributed by atoms with Crippen molar-refractivity contribution in [1.29, 1.82) is 0 Å². The molecule has 0 saturated heterocycles. The van der Waals surface area contributed by atoms with Crippen molar-refractivity contribution in [3.8, 4) is 0 Å². The Morgan fingerprint density at radius 1 is 1.45 bits per heavy atom. The third kappa shape index (κ3) is 2.89. The molecule has 1 atom stereocenters. The average molecular weight is 331 g/mol. The molecule has 2 aromatic heterocycles.